The summed E-state index contributed by atoms with van der Waals surface area (Å²) in [5, 5.41) is 3.74. The Labute approximate surface area is 156 Å². The lowest BCUT2D eigenvalue weighted by Gasteiger charge is -2.11. The van der Waals surface area contributed by atoms with Crippen LogP contribution in [-0.4, -0.2) is 27.9 Å². The van der Waals surface area contributed by atoms with Crippen molar-refractivity contribution in [3.05, 3.63) is 53.1 Å². The molecular weight excluding hydrogens is 378 g/mol. The third kappa shape index (κ3) is 5.65. The van der Waals surface area contributed by atoms with Crippen molar-refractivity contribution in [3.8, 4) is 11.5 Å². The van der Waals surface area contributed by atoms with Gasteiger partial charge >= 0.3 is 6.61 Å². The summed E-state index contributed by atoms with van der Waals surface area (Å²) >= 11 is 0. The van der Waals surface area contributed by atoms with Gasteiger partial charge in [0.25, 0.3) is 10.0 Å². The molecule has 27 heavy (non-hydrogen) atoms. The number of aryl methyl sites for hydroxylation is 2. The summed E-state index contributed by atoms with van der Waals surface area (Å²) < 4.78 is 59.3. The Kier molecular flexibility index (Phi) is 6.73. The Morgan fingerprint density at radius 1 is 1.15 bits per heavy atom. The lowest BCUT2D eigenvalue weighted by atomic mass is 10.2. The Balaban J connectivity index is 2.20. The van der Waals surface area contributed by atoms with Crippen LogP contribution in [0.1, 0.15) is 23.6 Å². The van der Waals surface area contributed by atoms with E-state index in [1.807, 2.05) is 6.07 Å². The molecule has 0 spiro atoms. The molecule has 146 valence electrons. The summed E-state index contributed by atoms with van der Waals surface area (Å²) in [7, 11) is -3.83. The maximum atomic E-state index is 12.4. The second-order valence-electron chi connectivity index (χ2n) is 5.64. The molecule has 2 rings (SSSR count). The molecule has 1 N–H and O–H groups in total. The Hall–Kier alpha value is -2.68. The maximum Gasteiger partial charge on any atom is 0.387 e. The molecular formula is C18H20F2N2O4S. The van der Waals surface area contributed by atoms with Crippen LogP contribution in [-0.2, 0) is 10.0 Å². The fourth-order valence-electron chi connectivity index (χ4n) is 2.28. The molecule has 0 aromatic heterocycles. The van der Waals surface area contributed by atoms with Crippen molar-refractivity contribution in [3.63, 3.8) is 0 Å². The molecule has 0 saturated carbocycles. The molecule has 0 unspecified atom stereocenters. The van der Waals surface area contributed by atoms with Gasteiger partial charge < -0.3 is 9.47 Å². The minimum Gasteiger partial charge on any atom is -0.490 e. The predicted octanol–water partition coefficient (Wildman–Crippen LogP) is 3.62. The number of hydrogen-bond donors (Lipinski definition) is 1. The zero-order valence-corrected chi connectivity index (χ0v) is 15.9. The topological polar surface area (TPSA) is 77.0 Å². The third-order valence-corrected chi connectivity index (χ3v) is 4.87. The number of benzene rings is 2. The van der Waals surface area contributed by atoms with E-state index < -0.39 is 16.6 Å². The second-order valence-corrected chi connectivity index (χ2v) is 7.27. The first-order valence-corrected chi connectivity index (χ1v) is 9.55. The van der Waals surface area contributed by atoms with Crippen molar-refractivity contribution in [2.75, 3.05) is 6.61 Å². The van der Waals surface area contributed by atoms with E-state index in [2.05, 4.69) is 14.7 Å². The van der Waals surface area contributed by atoms with E-state index in [9.17, 15) is 17.2 Å². The van der Waals surface area contributed by atoms with E-state index in [0.29, 0.717) is 11.1 Å². The van der Waals surface area contributed by atoms with E-state index in [4.69, 9.17) is 4.74 Å². The average molecular weight is 398 g/mol. The number of hydrogen-bond acceptors (Lipinski definition) is 5. The van der Waals surface area contributed by atoms with E-state index in [1.165, 1.54) is 24.4 Å². The molecule has 2 aromatic rings. The first kappa shape index (κ1) is 20.6. The van der Waals surface area contributed by atoms with Crippen LogP contribution < -0.4 is 14.3 Å². The van der Waals surface area contributed by atoms with Crippen LogP contribution in [0.3, 0.4) is 0 Å². The molecule has 9 heteroatoms. The number of alkyl halides is 2. The lowest BCUT2D eigenvalue weighted by molar-refractivity contribution is -0.0514. The number of halogens is 2. The zero-order chi connectivity index (χ0) is 20.0. The molecule has 0 aliphatic heterocycles. The van der Waals surface area contributed by atoms with Gasteiger partial charge in [-0.1, -0.05) is 12.1 Å². The van der Waals surface area contributed by atoms with Gasteiger partial charge in [0, 0.05) is 0 Å². The van der Waals surface area contributed by atoms with Crippen LogP contribution in [0.2, 0.25) is 0 Å². The standard InChI is InChI=1S/C18H20F2N2O4S/c1-4-25-16-10-14(7-8-15(16)26-18(19)20)11-21-22-27(23,24)17-9-12(2)5-6-13(17)3/h5-11,18,22H,4H2,1-3H3/b21-11-. The lowest BCUT2D eigenvalue weighted by Crippen LogP contribution is -2.19. The van der Waals surface area contributed by atoms with Crippen molar-refractivity contribution in [2.45, 2.75) is 32.3 Å². The van der Waals surface area contributed by atoms with Crippen molar-refractivity contribution in [2.24, 2.45) is 5.10 Å². The van der Waals surface area contributed by atoms with Crippen LogP contribution in [0.25, 0.3) is 0 Å². The molecule has 0 aliphatic carbocycles. The number of sulfonamides is 1. The summed E-state index contributed by atoms with van der Waals surface area (Å²) in [6, 6.07) is 9.26. The number of nitrogens with zero attached hydrogens (tertiary/aromatic N) is 1. The van der Waals surface area contributed by atoms with Gasteiger partial charge in [-0.05, 0) is 61.7 Å². The fraction of sp³-hybridized carbons (Fsp3) is 0.278. The molecule has 6 nitrogen and oxygen atoms in total. The molecule has 0 aliphatic rings. The molecule has 0 fully saturated rings. The van der Waals surface area contributed by atoms with E-state index in [0.717, 1.165) is 5.56 Å². The summed E-state index contributed by atoms with van der Waals surface area (Å²) in [5.74, 6) is -0.000831. The van der Waals surface area contributed by atoms with Gasteiger partial charge in [-0.25, -0.2) is 4.83 Å². The minimum absolute atomic E-state index is 0.110. The van der Waals surface area contributed by atoms with Crippen LogP contribution >= 0.6 is 0 Å². The maximum absolute atomic E-state index is 12.4. The number of rotatable bonds is 8. The third-order valence-electron chi connectivity index (χ3n) is 3.50. The molecule has 0 atom stereocenters. The number of nitrogens with one attached hydrogen (secondary N) is 1. The summed E-state index contributed by atoms with van der Waals surface area (Å²) in [5.41, 5.74) is 1.85. The number of hydrazone groups is 1. The van der Waals surface area contributed by atoms with Crippen LogP contribution in [0.5, 0.6) is 11.5 Å². The van der Waals surface area contributed by atoms with Crippen molar-refractivity contribution in [1.82, 2.24) is 4.83 Å². The first-order chi connectivity index (χ1) is 12.7. The average Bonchev–Trinajstić information content (AvgIpc) is 2.59. The van der Waals surface area contributed by atoms with Gasteiger partial charge in [-0.15, -0.1) is 0 Å². The van der Waals surface area contributed by atoms with E-state index >= 15 is 0 Å². The van der Waals surface area contributed by atoms with Crippen molar-refractivity contribution < 1.29 is 26.7 Å². The molecule has 0 amide bonds. The summed E-state index contributed by atoms with van der Waals surface area (Å²) in [6.45, 7) is 2.45. The largest absolute Gasteiger partial charge is 0.490 e. The smallest absolute Gasteiger partial charge is 0.387 e. The Morgan fingerprint density at radius 2 is 1.89 bits per heavy atom. The van der Waals surface area contributed by atoms with Gasteiger partial charge in [-0.3, -0.25) is 0 Å². The summed E-state index contributed by atoms with van der Waals surface area (Å²) in [6.07, 6.45) is 1.25. The highest BCUT2D eigenvalue weighted by atomic mass is 32.2. The van der Waals surface area contributed by atoms with Crippen molar-refractivity contribution >= 4 is 16.2 Å². The van der Waals surface area contributed by atoms with Gasteiger partial charge in [0.2, 0.25) is 0 Å². The molecule has 0 radical (unpaired) electrons. The van der Waals surface area contributed by atoms with Gasteiger partial charge in [0.15, 0.2) is 11.5 Å². The molecule has 0 heterocycles. The monoisotopic (exact) mass is 398 g/mol. The van der Waals surface area contributed by atoms with Gasteiger partial charge in [0.05, 0.1) is 17.7 Å². The van der Waals surface area contributed by atoms with E-state index in [-0.39, 0.29) is 23.0 Å². The van der Waals surface area contributed by atoms with Gasteiger partial charge in [0.1, 0.15) is 0 Å². The molecule has 0 saturated heterocycles. The van der Waals surface area contributed by atoms with Crippen LogP contribution in [0, 0.1) is 13.8 Å². The quantitative estimate of drug-likeness (QED) is 0.544. The Bertz CT molecular complexity index is 931. The fourth-order valence-corrected chi connectivity index (χ4v) is 3.41. The molecule has 2 aromatic carbocycles. The Morgan fingerprint density at radius 3 is 2.56 bits per heavy atom. The SMILES string of the molecule is CCOc1cc(/C=N\NS(=O)(=O)c2cc(C)ccc2C)ccc1OC(F)F. The predicted molar refractivity (Wildman–Crippen MR) is 98.1 cm³/mol. The minimum atomic E-state index is -3.83. The van der Waals surface area contributed by atoms with Crippen LogP contribution in [0.15, 0.2) is 46.4 Å². The van der Waals surface area contributed by atoms with Crippen LogP contribution in [0.4, 0.5) is 8.78 Å². The zero-order valence-electron chi connectivity index (χ0n) is 15.1. The highest BCUT2D eigenvalue weighted by molar-refractivity contribution is 7.89. The highest BCUT2D eigenvalue weighted by Gasteiger charge is 2.16. The van der Waals surface area contributed by atoms with Crippen molar-refractivity contribution in [1.29, 1.82) is 0 Å². The normalized spacial score (nSPS) is 11.8. The van der Waals surface area contributed by atoms with Gasteiger partial charge in [-0.2, -0.15) is 22.3 Å². The first-order valence-electron chi connectivity index (χ1n) is 8.06. The molecule has 0 bridgehead atoms. The van der Waals surface area contributed by atoms with E-state index in [1.54, 1.807) is 32.9 Å². The highest BCUT2D eigenvalue weighted by Crippen LogP contribution is 2.29. The second kappa shape index (κ2) is 8.81. The summed E-state index contributed by atoms with van der Waals surface area (Å²) in [4.78, 5) is 2.27. The number of ether oxygens (including phenoxy) is 2.